The highest BCUT2D eigenvalue weighted by Gasteiger charge is 2.51. The van der Waals surface area contributed by atoms with Gasteiger partial charge in [0.05, 0.1) is 5.69 Å². The molecule has 4 fully saturated rings. The van der Waals surface area contributed by atoms with Crippen molar-refractivity contribution in [3.63, 3.8) is 0 Å². The zero-order valence-corrected chi connectivity index (χ0v) is 17.2. The van der Waals surface area contributed by atoms with E-state index >= 15 is 0 Å². The van der Waals surface area contributed by atoms with Gasteiger partial charge in [0, 0.05) is 37.7 Å². The van der Waals surface area contributed by atoms with Crippen molar-refractivity contribution in [1.82, 2.24) is 14.9 Å². The summed E-state index contributed by atoms with van der Waals surface area (Å²) in [6.07, 6.45) is 13.4. The lowest BCUT2D eigenvalue weighted by atomic mass is 9.49. The fourth-order valence-corrected chi connectivity index (χ4v) is 7.34. The number of rotatable bonds is 5. The van der Waals surface area contributed by atoms with Gasteiger partial charge in [0.15, 0.2) is 0 Å². The van der Waals surface area contributed by atoms with Crippen molar-refractivity contribution in [2.75, 3.05) is 0 Å². The van der Waals surface area contributed by atoms with Crippen LogP contribution in [-0.4, -0.2) is 15.5 Å². The molecule has 5 aliphatic rings. The number of aromatic nitrogens is 2. The molecule has 7 rings (SSSR count). The number of hydrogen-bond donors (Lipinski definition) is 1. The van der Waals surface area contributed by atoms with Gasteiger partial charge in [0.2, 0.25) is 5.91 Å². The van der Waals surface area contributed by atoms with Crippen LogP contribution in [0, 0.1) is 23.2 Å². The Morgan fingerprint density at radius 1 is 1.14 bits per heavy atom. The number of nitrogens with zero attached hydrogens (tertiary/aromatic N) is 2. The van der Waals surface area contributed by atoms with Gasteiger partial charge in [0.1, 0.15) is 5.82 Å². The number of nitrogens with one attached hydrogen (secondary N) is 1. The second kappa shape index (κ2) is 6.72. The summed E-state index contributed by atoms with van der Waals surface area (Å²) < 4.78 is 2.27. The van der Waals surface area contributed by atoms with E-state index in [1.54, 1.807) is 0 Å². The Morgan fingerprint density at radius 3 is 2.62 bits per heavy atom. The molecule has 0 saturated heterocycles. The van der Waals surface area contributed by atoms with Gasteiger partial charge in [-0.2, -0.15) is 0 Å². The van der Waals surface area contributed by atoms with E-state index in [-0.39, 0.29) is 5.91 Å². The molecule has 152 valence electrons. The van der Waals surface area contributed by atoms with Crippen LogP contribution < -0.4 is 5.32 Å². The van der Waals surface area contributed by atoms with E-state index in [0.29, 0.717) is 12.0 Å². The van der Waals surface area contributed by atoms with Gasteiger partial charge in [-0.25, -0.2) is 4.98 Å². The Balaban J connectivity index is 1.10. The normalized spacial score (nSPS) is 31.8. The van der Waals surface area contributed by atoms with Crippen molar-refractivity contribution in [2.24, 2.45) is 23.2 Å². The fourth-order valence-electron chi connectivity index (χ4n) is 7.34. The molecule has 1 amide bonds. The lowest BCUT2D eigenvalue weighted by Crippen LogP contribution is -2.47. The average molecular weight is 390 g/mol. The van der Waals surface area contributed by atoms with Crippen molar-refractivity contribution in [3.05, 3.63) is 41.9 Å². The summed E-state index contributed by atoms with van der Waals surface area (Å²) in [6, 6.07) is 8.50. The number of amides is 1. The Morgan fingerprint density at radius 2 is 1.90 bits per heavy atom. The van der Waals surface area contributed by atoms with Gasteiger partial charge in [0.25, 0.3) is 0 Å². The first-order chi connectivity index (χ1) is 14.1. The minimum atomic E-state index is 0.248. The monoisotopic (exact) mass is 389 g/mol. The maximum absolute atomic E-state index is 12.8. The predicted octanol–water partition coefficient (Wildman–Crippen LogP) is 4.72. The smallest absolute Gasteiger partial charge is 0.220 e. The van der Waals surface area contributed by atoms with Crippen molar-refractivity contribution >= 4 is 5.91 Å². The summed E-state index contributed by atoms with van der Waals surface area (Å²) in [7, 11) is 0. The molecule has 1 aliphatic heterocycles. The SMILES string of the molecule is O=C(C[C@]12C[C@@H]3C[C@@H](C[C@@H](C3)C1)C2)NCc1cccc(-c2cn3c(n2)CCC3)c1. The third kappa shape index (κ3) is 3.31. The molecule has 0 atom stereocenters. The molecule has 4 nitrogen and oxygen atoms in total. The van der Waals surface area contributed by atoms with E-state index in [1.165, 1.54) is 50.8 Å². The Bertz CT molecular complexity index is 887. The largest absolute Gasteiger partial charge is 0.352 e. The average Bonchev–Trinajstić information content (AvgIpc) is 3.27. The van der Waals surface area contributed by atoms with Crippen molar-refractivity contribution in [2.45, 2.75) is 70.9 Å². The van der Waals surface area contributed by atoms with Gasteiger partial charge < -0.3 is 9.88 Å². The molecule has 1 N–H and O–H groups in total. The maximum atomic E-state index is 12.8. The zero-order chi connectivity index (χ0) is 19.4. The molecule has 1 aromatic heterocycles. The second-order valence-electron chi connectivity index (χ2n) is 10.4. The molecule has 4 saturated carbocycles. The molecule has 4 bridgehead atoms. The van der Waals surface area contributed by atoms with Crippen LogP contribution in [-0.2, 0) is 24.3 Å². The van der Waals surface area contributed by atoms with E-state index in [9.17, 15) is 4.79 Å². The highest BCUT2D eigenvalue weighted by Crippen LogP contribution is 2.61. The fraction of sp³-hybridized carbons (Fsp3) is 0.600. The van der Waals surface area contributed by atoms with Gasteiger partial charge >= 0.3 is 0 Å². The number of carbonyl (C=O) groups excluding carboxylic acids is 1. The Kier molecular flexibility index (Phi) is 4.11. The standard InChI is InChI=1S/C25H31N3O/c29-24(14-25-11-18-7-19(12-25)9-20(8-18)13-25)26-15-17-3-1-4-21(10-17)22-16-28-6-2-5-23(28)27-22/h1,3-4,10,16,18-20H,2,5-9,11-15H2,(H,26,29)/t18-,19+,20-,25+. The van der Waals surface area contributed by atoms with E-state index < -0.39 is 0 Å². The summed E-state index contributed by atoms with van der Waals surface area (Å²) in [4.78, 5) is 17.6. The molecular formula is C25H31N3O. The number of fused-ring (bicyclic) bond motifs is 1. The van der Waals surface area contributed by atoms with Crippen LogP contribution >= 0.6 is 0 Å². The summed E-state index contributed by atoms with van der Waals surface area (Å²) in [6.45, 7) is 1.70. The molecule has 29 heavy (non-hydrogen) atoms. The number of aryl methyl sites for hydroxylation is 2. The van der Waals surface area contributed by atoms with Gasteiger partial charge in [-0.05, 0) is 79.7 Å². The van der Waals surface area contributed by atoms with Crippen LogP contribution in [0.2, 0.25) is 0 Å². The molecule has 4 aliphatic carbocycles. The summed E-state index contributed by atoms with van der Waals surface area (Å²) in [5.74, 6) is 4.17. The third-order valence-corrected chi connectivity index (χ3v) is 8.07. The number of carbonyl (C=O) groups is 1. The molecule has 0 unspecified atom stereocenters. The number of benzene rings is 1. The molecule has 0 spiro atoms. The summed E-state index contributed by atoms with van der Waals surface area (Å²) in [5, 5.41) is 3.23. The second-order valence-corrected chi connectivity index (χ2v) is 10.4. The molecule has 4 heteroatoms. The number of imidazole rings is 1. The zero-order valence-electron chi connectivity index (χ0n) is 17.2. The van der Waals surface area contributed by atoms with E-state index in [1.807, 2.05) is 0 Å². The van der Waals surface area contributed by atoms with Crippen LogP contribution in [0.1, 0.15) is 62.8 Å². The summed E-state index contributed by atoms with van der Waals surface area (Å²) in [5.41, 5.74) is 3.69. The van der Waals surface area contributed by atoms with Crippen LogP contribution in [0.4, 0.5) is 0 Å². The lowest BCUT2D eigenvalue weighted by Gasteiger charge is -2.56. The van der Waals surface area contributed by atoms with Crippen LogP contribution in [0.15, 0.2) is 30.5 Å². The van der Waals surface area contributed by atoms with Gasteiger partial charge in [-0.15, -0.1) is 0 Å². The van der Waals surface area contributed by atoms with E-state index in [4.69, 9.17) is 4.98 Å². The molecule has 2 heterocycles. The first-order valence-corrected chi connectivity index (χ1v) is 11.6. The first-order valence-electron chi connectivity index (χ1n) is 11.6. The Hall–Kier alpha value is -2.10. The minimum Gasteiger partial charge on any atom is -0.352 e. The van der Waals surface area contributed by atoms with E-state index in [0.717, 1.165) is 54.0 Å². The van der Waals surface area contributed by atoms with Crippen molar-refractivity contribution < 1.29 is 4.79 Å². The lowest BCUT2D eigenvalue weighted by molar-refractivity contribution is -0.129. The highest BCUT2D eigenvalue weighted by molar-refractivity contribution is 5.76. The van der Waals surface area contributed by atoms with Crippen molar-refractivity contribution in [3.8, 4) is 11.3 Å². The van der Waals surface area contributed by atoms with Crippen LogP contribution in [0.5, 0.6) is 0 Å². The number of hydrogen-bond acceptors (Lipinski definition) is 2. The third-order valence-electron chi connectivity index (χ3n) is 8.07. The van der Waals surface area contributed by atoms with Crippen LogP contribution in [0.3, 0.4) is 0 Å². The van der Waals surface area contributed by atoms with E-state index in [2.05, 4.69) is 40.3 Å². The van der Waals surface area contributed by atoms with Crippen molar-refractivity contribution in [1.29, 1.82) is 0 Å². The van der Waals surface area contributed by atoms with Gasteiger partial charge in [-0.3, -0.25) is 4.79 Å². The quantitative estimate of drug-likeness (QED) is 0.804. The molecule has 2 aromatic rings. The first kappa shape index (κ1) is 17.7. The minimum absolute atomic E-state index is 0.248. The molecule has 1 aromatic carbocycles. The topological polar surface area (TPSA) is 46.9 Å². The summed E-state index contributed by atoms with van der Waals surface area (Å²) >= 11 is 0. The van der Waals surface area contributed by atoms with Gasteiger partial charge in [-0.1, -0.05) is 18.2 Å². The molecule has 0 radical (unpaired) electrons. The predicted molar refractivity (Wildman–Crippen MR) is 113 cm³/mol. The Labute approximate surface area is 173 Å². The maximum Gasteiger partial charge on any atom is 0.220 e. The molecular weight excluding hydrogens is 358 g/mol. The van der Waals surface area contributed by atoms with Crippen LogP contribution in [0.25, 0.3) is 11.3 Å². The highest BCUT2D eigenvalue weighted by atomic mass is 16.1.